The molecule has 2 saturated carbocycles. The number of nitrogens with one attached hydrogen (secondary N) is 2. The van der Waals surface area contributed by atoms with Gasteiger partial charge in [-0.25, -0.2) is 9.59 Å². The Labute approximate surface area is 252 Å². The van der Waals surface area contributed by atoms with E-state index in [-0.39, 0.29) is 47.8 Å². The van der Waals surface area contributed by atoms with Gasteiger partial charge >= 0.3 is 11.9 Å². The highest BCUT2D eigenvalue weighted by molar-refractivity contribution is 5.87. The van der Waals surface area contributed by atoms with E-state index in [1.54, 1.807) is 0 Å². The fourth-order valence-corrected chi connectivity index (χ4v) is 6.54. The van der Waals surface area contributed by atoms with Crippen LogP contribution in [0.5, 0.6) is 0 Å². The molecule has 4 aliphatic rings. The Morgan fingerprint density at radius 2 is 1.05 bits per heavy atom. The molecule has 0 spiro atoms. The van der Waals surface area contributed by atoms with Crippen molar-refractivity contribution in [2.75, 3.05) is 0 Å². The molecule has 4 rings (SSSR count). The molecule has 2 aliphatic heterocycles. The highest BCUT2D eigenvalue weighted by atomic mass is 16.6. The number of fused-ring (bicyclic) bond motifs is 2. The molecule has 2 N–H and O–H groups in total. The van der Waals surface area contributed by atoms with Gasteiger partial charge in [0.2, 0.25) is 11.8 Å². The quantitative estimate of drug-likeness (QED) is 0.142. The van der Waals surface area contributed by atoms with Gasteiger partial charge in [-0.15, -0.1) is 0 Å². The van der Waals surface area contributed by atoms with Crippen LogP contribution in [0.2, 0.25) is 0 Å². The smallest absolute Gasteiger partial charge is 0.329 e. The van der Waals surface area contributed by atoms with Crippen molar-refractivity contribution in [1.82, 2.24) is 10.6 Å². The second-order valence-corrected chi connectivity index (χ2v) is 12.3. The summed E-state index contributed by atoms with van der Waals surface area (Å²) in [6.07, 6.45) is 26.3. The van der Waals surface area contributed by atoms with Crippen LogP contribution in [0.25, 0.3) is 0 Å². The third-order valence-corrected chi connectivity index (χ3v) is 8.93. The standard InChI is InChI=1S/2C17H27NO3/c2*1-2-3-4-5-6-7-12-15(19)18-16-13-10-8-9-11-14(13)21-17(16)20/h2*6-7,13-14,16H,2-5,8-12H2,1H3,(H,18,19)/b2*7-6+/t2*13?,14?,16-/m10/s1. The molecule has 0 bridgehead atoms. The van der Waals surface area contributed by atoms with Crippen LogP contribution in [0.3, 0.4) is 0 Å². The Morgan fingerprint density at radius 1 is 0.643 bits per heavy atom. The van der Waals surface area contributed by atoms with E-state index in [4.69, 9.17) is 9.47 Å². The van der Waals surface area contributed by atoms with Gasteiger partial charge in [0.25, 0.3) is 0 Å². The minimum Gasteiger partial charge on any atom is -0.460 e. The van der Waals surface area contributed by atoms with Crippen molar-refractivity contribution in [3.05, 3.63) is 24.3 Å². The highest BCUT2D eigenvalue weighted by Gasteiger charge is 2.47. The van der Waals surface area contributed by atoms with Crippen LogP contribution >= 0.6 is 0 Å². The first-order chi connectivity index (χ1) is 20.4. The summed E-state index contributed by atoms with van der Waals surface area (Å²) in [6, 6.07) is -0.840. The lowest BCUT2D eigenvalue weighted by atomic mass is 9.83. The average Bonchev–Trinajstić information content (AvgIpc) is 3.47. The van der Waals surface area contributed by atoms with Crippen molar-refractivity contribution in [2.24, 2.45) is 11.8 Å². The van der Waals surface area contributed by atoms with Crippen molar-refractivity contribution in [3.63, 3.8) is 0 Å². The van der Waals surface area contributed by atoms with Gasteiger partial charge < -0.3 is 20.1 Å². The number of hydrogen-bond donors (Lipinski definition) is 2. The molecule has 2 amide bonds. The zero-order valence-corrected chi connectivity index (χ0v) is 26.0. The molecule has 0 aromatic heterocycles. The molecule has 236 valence electrons. The van der Waals surface area contributed by atoms with E-state index in [1.165, 1.54) is 38.5 Å². The minimum absolute atomic E-state index is 0.0288. The Balaban J connectivity index is 0.000000230. The summed E-state index contributed by atoms with van der Waals surface area (Å²) >= 11 is 0. The fraction of sp³-hybridized carbons (Fsp3) is 0.765. The van der Waals surface area contributed by atoms with Gasteiger partial charge in [0.15, 0.2) is 0 Å². The van der Waals surface area contributed by atoms with Crippen molar-refractivity contribution in [3.8, 4) is 0 Å². The second kappa shape index (κ2) is 18.8. The maximum absolute atomic E-state index is 11.9. The van der Waals surface area contributed by atoms with E-state index < -0.39 is 12.1 Å². The van der Waals surface area contributed by atoms with Crippen LogP contribution in [0, 0.1) is 11.8 Å². The third kappa shape index (κ3) is 10.9. The van der Waals surface area contributed by atoms with Crippen LogP contribution in [0.15, 0.2) is 24.3 Å². The number of rotatable bonds is 14. The number of allylic oxidation sites excluding steroid dienone is 2. The van der Waals surface area contributed by atoms with Crippen LogP contribution in [-0.2, 0) is 28.7 Å². The van der Waals surface area contributed by atoms with E-state index in [9.17, 15) is 19.2 Å². The molecule has 4 unspecified atom stereocenters. The maximum atomic E-state index is 11.9. The predicted octanol–water partition coefficient (Wildman–Crippen LogP) is 6.23. The Morgan fingerprint density at radius 3 is 1.45 bits per heavy atom. The largest absolute Gasteiger partial charge is 0.460 e. The van der Waals surface area contributed by atoms with Crippen molar-refractivity contribution in [1.29, 1.82) is 0 Å². The first-order valence-electron chi connectivity index (χ1n) is 16.7. The summed E-state index contributed by atoms with van der Waals surface area (Å²) in [5.74, 6) is -0.267. The molecule has 0 radical (unpaired) electrons. The summed E-state index contributed by atoms with van der Waals surface area (Å²) < 4.78 is 10.8. The van der Waals surface area contributed by atoms with Gasteiger partial charge in [0, 0.05) is 24.7 Å². The van der Waals surface area contributed by atoms with Crippen LogP contribution < -0.4 is 10.6 Å². The molecule has 6 atom stereocenters. The van der Waals surface area contributed by atoms with Gasteiger partial charge in [-0.05, 0) is 64.2 Å². The molecule has 42 heavy (non-hydrogen) atoms. The van der Waals surface area contributed by atoms with Crippen molar-refractivity contribution in [2.45, 2.75) is 154 Å². The maximum Gasteiger partial charge on any atom is 0.329 e. The summed E-state index contributed by atoms with van der Waals surface area (Å²) in [6.45, 7) is 4.35. The molecule has 8 heteroatoms. The number of carbonyl (C=O) groups excluding carboxylic acids is 4. The number of carbonyl (C=O) groups is 4. The average molecular weight is 587 g/mol. The molecule has 8 nitrogen and oxygen atoms in total. The third-order valence-electron chi connectivity index (χ3n) is 8.93. The first kappa shape index (κ1) is 33.9. The lowest BCUT2D eigenvalue weighted by Crippen LogP contribution is -2.43. The summed E-state index contributed by atoms with van der Waals surface area (Å²) in [4.78, 5) is 47.6. The van der Waals surface area contributed by atoms with Gasteiger partial charge in [-0.2, -0.15) is 0 Å². The summed E-state index contributed by atoms with van der Waals surface area (Å²) in [7, 11) is 0. The van der Waals surface area contributed by atoms with E-state index in [2.05, 4.69) is 36.6 Å². The van der Waals surface area contributed by atoms with E-state index in [1.807, 2.05) is 12.2 Å². The van der Waals surface area contributed by atoms with Crippen LogP contribution in [0.1, 0.15) is 129 Å². The Hall–Kier alpha value is -2.64. The molecule has 2 aliphatic carbocycles. The zero-order valence-electron chi connectivity index (χ0n) is 26.0. The van der Waals surface area contributed by atoms with Crippen LogP contribution in [-0.4, -0.2) is 48.0 Å². The normalized spacial score (nSPS) is 28.4. The summed E-state index contributed by atoms with van der Waals surface area (Å²) in [5, 5.41) is 5.73. The molecule has 0 aromatic rings. The molecule has 4 fully saturated rings. The first-order valence-corrected chi connectivity index (χ1v) is 16.7. The number of esters is 2. The lowest BCUT2D eigenvalue weighted by Gasteiger charge is -2.25. The van der Waals surface area contributed by atoms with Crippen molar-refractivity contribution >= 4 is 23.8 Å². The Kier molecular flexibility index (Phi) is 15.2. The Bertz CT molecular complexity index is 857. The topological polar surface area (TPSA) is 111 Å². The zero-order chi connectivity index (χ0) is 30.2. The second-order valence-electron chi connectivity index (χ2n) is 12.3. The molecule has 0 aromatic carbocycles. The van der Waals surface area contributed by atoms with Gasteiger partial charge in [0.1, 0.15) is 24.3 Å². The van der Waals surface area contributed by atoms with Crippen molar-refractivity contribution < 1.29 is 28.7 Å². The van der Waals surface area contributed by atoms with Gasteiger partial charge in [-0.1, -0.05) is 76.7 Å². The van der Waals surface area contributed by atoms with Crippen LogP contribution in [0.4, 0.5) is 0 Å². The highest BCUT2D eigenvalue weighted by Crippen LogP contribution is 2.36. The number of ether oxygens (including phenoxy) is 2. The molecular formula is C34H54N2O6. The van der Waals surface area contributed by atoms with E-state index >= 15 is 0 Å². The molecular weight excluding hydrogens is 532 g/mol. The SMILES string of the molecule is CCCCC/C=C/CC(=O)N[C@@H]1C(=O)OC2CCCCC21.CCCCC/C=C/CC(=O)N[C@H]1C(=O)OC2CCCCC21. The predicted molar refractivity (Wildman–Crippen MR) is 163 cm³/mol. The van der Waals surface area contributed by atoms with Gasteiger partial charge in [0.05, 0.1) is 0 Å². The fourth-order valence-electron chi connectivity index (χ4n) is 6.54. The summed E-state index contributed by atoms with van der Waals surface area (Å²) in [5.41, 5.74) is 0. The monoisotopic (exact) mass is 586 g/mol. The minimum atomic E-state index is -0.420. The van der Waals surface area contributed by atoms with E-state index in [0.29, 0.717) is 12.8 Å². The van der Waals surface area contributed by atoms with Gasteiger partial charge in [-0.3, -0.25) is 9.59 Å². The molecule has 2 saturated heterocycles. The number of amides is 2. The number of unbranched alkanes of at least 4 members (excludes halogenated alkanes) is 6. The molecule has 2 heterocycles. The van der Waals surface area contributed by atoms with E-state index in [0.717, 1.165) is 64.2 Å². The number of hydrogen-bond acceptors (Lipinski definition) is 6. The lowest BCUT2D eigenvalue weighted by molar-refractivity contribution is -0.145.